The zero-order valence-corrected chi connectivity index (χ0v) is 18.0. The van der Waals surface area contributed by atoms with Crippen molar-refractivity contribution in [3.63, 3.8) is 0 Å². The molecule has 1 fully saturated rings. The van der Waals surface area contributed by atoms with Gasteiger partial charge >= 0.3 is 0 Å². The Kier molecular flexibility index (Phi) is 5.74. The van der Waals surface area contributed by atoms with Crippen molar-refractivity contribution in [2.24, 2.45) is 0 Å². The highest BCUT2D eigenvalue weighted by atomic mass is 79.9. The minimum Gasteiger partial charge on any atom is -0.419 e. The lowest BCUT2D eigenvalue weighted by molar-refractivity contribution is 0.450. The van der Waals surface area contributed by atoms with Crippen LogP contribution in [0.3, 0.4) is 0 Å². The summed E-state index contributed by atoms with van der Waals surface area (Å²) in [6, 6.07) is 12.1. The highest BCUT2D eigenvalue weighted by Crippen LogP contribution is 2.34. The molecule has 1 aromatic heterocycles. The van der Waals surface area contributed by atoms with Gasteiger partial charge in [-0.25, -0.2) is 12.8 Å². The van der Waals surface area contributed by atoms with Gasteiger partial charge in [-0.05, 0) is 61.4 Å². The normalized spacial score (nSPS) is 15.4. The molecule has 0 saturated heterocycles. The van der Waals surface area contributed by atoms with Gasteiger partial charge in [0.15, 0.2) is 0 Å². The number of halogens is 2. The van der Waals surface area contributed by atoms with Gasteiger partial charge in [-0.1, -0.05) is 35.2 Å². The Bertz CT molecular complexity index is 1090. The molecule has 5 nitrogen and oxygen atoms in total. The molecule has 1 aliphatic carbocycles. The monoisotopic (exact) mass is 478 g/mol. The van der Waals surface area contributed by atoms with E-state index in [2.05, 4.69) is 26.2 Å². The van der Waals surface area contributed by atoms with Gasteiger partial charge in [-0.15, -0.1) is 0 Å². The van der Waals surface area contributed by atoms with Crippen LogP contribution < -0.4 is 5.32 Å². The summed E-state index contributed by atoms with van der Waals surface area (Å²) in [6.07, 6.45) is 5.25. The standard InChI is InChI=1S/C21H20BrFN2O3S/c22-15-8-12-18(13-9-15)29(26,27)21-20(24-17-4-2-1-3-5-17)28-19(25-21)14-6-10-16(23)11-7-14/h6-13,17,24H,1-5H2. The molecule has 0 amide bonds. The molecular weight excluding hydrogens is 459 g/mol. The average Bonchev–Trinajstić information content (AvgIpc) is 3.14. The summed E-state index contributed by atoms with van der Waals surface area (Å²) in [4.78, 5) is 4.43. The predicted octanol–water partition coefficient (Wildman–Crippen LogP) is 5.82. The second-order valence-corrected chi connectivity index (χ2v) is 9.88. The summed E-state index contributed by atoms with van der Waals surface area (Å²) in [6.45, 7) is 0. The van der Waals surface area contributed by atoms with Crippen molar-refractivity contribution in [3.8, 4) is 11.5 Å². The van der Waals surface area contributed by atoms with Gasteiger partial charge in [0.1, 0.15) is 5.82 Å². The number of nitrogens with zero attached hydrogens (tertiary/aromatic N) is 1. The summed E-state index contributed by atoms with van der Waals surface area (Å²) < 4.78 is 46.4. The smallest absolute Gasteiger partial charge is 0.234 e. The Morgan fingerprint density at radius 2 is 1.66 bits per heavy atom. The number of benzene rings is 2. The summed E-state index contributed by atoms with van der Waals surface area (Å²) in [5.74, 6) is -0.110. The zero-order chi connectivity index (χ0) is 20.4. The average molecular weight is 479 g/mol. The van der Waals surface area contributed by atoms with Crippen LogP contribution in [0, 0.1) is 5.82 Å². The van der Waals surface area contributed by atoms with Crippen molar-refractivity contribution in [3.05, 3.63) is 58.8 Å². The Morgan fingerprint density at radius 1 is 1.00 bits per heavy atom. The van der Waals surface area contributed by atoms with E-state index in [-0.39, 0.29) is 33.6 Å². The van der Waals surface area contributed by atoms with Crippen LogP contribution in [0.25, 0.3) is 11.5 Å². The van der Waals surface area contributed by atoms with Gasteiger partial charge in [-0.2, -0.15) is 4.98 Å². The number of rotatable bonds is 5. The van der Waals surface area contributed by atoms with E-state index in [1.54, 1.807) is 12.1 Å². The minimum absolute atomic E-state index is 0.131. The molecule has 3 aromatic rings. The lowest BCUT2D eigenvalue weighted by atomic mass is 9.96. The van der Waals surface area contributed by atoms with E-state index in [4.69, 9.17) is 4.42 Å². The first-order valence-electron chi connectivity index (χ1n) is 9.47. The minimum atomic E-state index is -3.89. The quantitative estimate of drug-likeness (QED) is 0.499. The largest absolute Gasteiger partial charge is 0.419 e. The fraction of sp³-hybridized carbons (Fsp3) is 0.286. The van der Waals surface area contributed by atoms with Crippen LogP contribution in [0.15, 0.2) is 67.3 Å². The van der Waals surface area contributed by atoms with E-state index in [1.165, 1.54) is 42.8 Å². The molecule has 8 heteroatoms. The Balaban J connectivity index is 1.77. The molecule has 1 N–H and O–H groups in total. The van der Waals surface area contributed by atoms with E-state index in [1.807, 2.05) is 0 Å². The molecule has 0 unspecified atom stereocenters. The highest BCUT2D eigenvalue weighted by Gasteiger charge is 2.30. The summed E-state index contributed by atoms with van der Waals surface area (Å²) in [5.41, 5.74) is 0.510. The fourth-order valence-electron chi connectivity index (χ4n) is 3.45. The van der Waals surface area contributed by atoms with Crippen LogP contribution in [0.1, 0.15) is 32.1 Å². The number of oxazole rings is 1. The molecule has 4 rings (SSSR count). The number of aromatic nitrogens is 1. The van der Waals surface area contributed by atoms with Crippen molar-refractivity contribution in [2.75, 3.05) is 5.32 Å². The van der Waals surface area contributed by atoms with Gasteiger partial charge in [-0.3, -0.25) is 0 Å². The number of hydrogen-bond acceptors (Lipinski definition) is 5. The molecule has 1 heterocycles. The van der Waals surface area contributed by atoms with Gasteiger partial charge < -0.3 is 9.73 Å². The van der Waals surface area contributed by atoms with Gasteiger partial charge in [0.2, 0.25) is 26.6 Å². The molecule has 0 atom stereocenters. The third-order valence-electron chi connectivity index (χ3n) is 5.01. The Morgan fingerprint density at radius 3 is 2.31 bits per heavy atom. The van der Waals surface area contributed by atoms with Crippen molar-refractivity contribution >= 4 is 31.7 Å². The predicted molar refractivity (Wildman–Crippen MR) is 112 cm³/mol. The maximum atomic E-state index is 13.3. The van der Waals surface area contributed by atoms with Gasteiger partial charge in [0, 0.05) is 16.1 Å². The molecule has 1 saturated carbocycles. The number of anilines is 1. The first kappa shape index (κ1) is 20.1. The Hall–Kier alpha value is -2.19. The summed E-state index contributed by atoms with van der Waals surface area (Å²) in [5, 5.41) is 3.10. The molecule has 29 heavy (non-hydrogen) atoms. The second kappa shape index (κ2) is 8.28. The third-order valence-corrected chi connectivity index (χ3v) is 7.21. The van der Waals surface area contributed by atoms with Crippen LogP contribution in [0.4, 0.5) is 10.3 Å². The number of nitrogens with one attached hydrogen (secondary N) is 1. The van der Waals surface area contributed by atoms with E-state index in [9.17, 15) is 12.8 Å². The number of sulfone groups is 1. The second-order valence-electron chi connectivity index (χ2n) is 7.10. The first-order valence-corrected chi connectivity index (χ1v) is 11.7. The van der Waals surface area contributed by atoms with E-state index < -0.39 is 9.84 Å². The molecule has 152 valence electrons. The maximum Gasteiger partial charge on any atom is 0.234 e. The van der Waals surface area contributed by atoms with Crippen LogP contribution in [-0.2, 0) is 9.84 Å². The molecule has 0 bridgehead atoms. The van der Waals surface area contributed by atoms with E-state index >= 15 is 0 Å². The van der Waals surface area contributed by atoms with Crippen molar-refractivity contribution in [1.82, 2.24) is 4.98 Å². The molecule has 0 aliphatic heterocycles. The molecular formula is C21H20BrFN2O3S. The number of hydrogen-bond donors (Lipinski definition) is 1. The first-order chi connectivity index (χ1) is 13.9. The van der Waals surface area contributed by atoms with Gasteiger partial charge in [0.25, 0.3) is 0 Å². The Labute approximate surface area is 177 Å². The van der Waals surface area contributed by atoms with Crippen LogP contribution in [-0.4, -0.2) is 19.4 Å². The van der Waals surface area contributed by atoms with Crippen LogP contribution >= 0.6 is 15.9 Å². The fourth-order valence-corrected chi connectivity index (χ4v) is 4.98. The molecule has 0 spiro atoms. The molecule has 2 aromatic carbocycles. The van der Waals surface area contributed by atoms with Crippen LogP contribution in [0.2, 0.25) is 0 Å². The van der Waals surface area contributed by atoms with Gasteiger partial charge in [0.05, 0.1) is 4.90 Å². The zero-order valence-electron chi connectivity index (χ0n) is 15.6. The third kappa shape index (κ3) is 4.38. The molecule has 1 aliphatic rings. The maximum absolute atomic E-state index is 13.3. The van der Waals surface area contributed by atoms with Crippen LogP contribution in [0.5, 0.6) is 0 Å². The summed E-state index contributed by atoms with van der Waals surface area (Å²) in [7, 11) is -3.89. The summed E-state index contributed by atoms with van der Waals surface area (Å²) >= 11 is 3.32. The SMILES string of the molecule is O=S(=O)(c1ccc(Br)cc1)c1nc(-c2ccc(F)cc2)oc1NC1CCCCC1. The van der Waals surface area contributed by atoms with E-state index in [0.29, 0.717) is 5.56 Å². The molecule has 0 radical (unpaired) electrons. The van der Waals surface area contributed by atoms with Crippen molar-refractivity contribution < 1.29 is 17.2 Å². The topological polar surface area (TPSA) is 72.2 Å². The lowest BCUT2D eigenvalue weighted by Gasteiger charge is -2.22. The lowest BCUT2D eigenvalue weighted by Crippen LogP contribution is -2.23. The van der Waals surface area contributed by atoms with Crippen molar-refractivity contribution in [2.45, 2.75) is 48.1 Å². The van der Waals surface area contributed by atoms with Crippen molar-refractivity contribution in [1.29, 1.82) is 0 Å². The highest BCUT2D eigenvalue weighted by molar-refractivity contribution is 9.10. The van der Waals surface area contributed by atoms with E-state index in [0.717, 1.165) is 30.2 Å².